The number of H-pyrrole nitrogens is 1. The van der Waals surface area contributed by atoms with Crippen LogP contribution in [0.3, 0.4) is 0 Å². The first-order chi connectivity index (χ1) is 16.0. The summed E-state index contributed by atoms with van der Waals surface area (Å²) in [6.07, 6.45) is 2.92. The van der Waals surface area contributed by atoms with E-state index in [1.165, 1.54) is 12.8 Å². The number of amides is 2. The molecule has 0 saturated heterocycles. The van der Waals surface area contributed by atoms with Gasteiger partial charge in [0.1, 0.15) is 16.9 Å². The maximum absolute atomic E-state index is 13.1. The van der Waals surface area contributed by atoms with E-state index in [1.54, 1.807) is 35.0 Å². The van der Waals surface area contributed by atoms with E-state index in [4.69, 9.17) is 0 Å². The quantitative estimate of drug-likeness (QED) is 0.562. The summed E-state index contributed by atoms with van der Waals surface area (Å²) in [4.78, 5) is 32.6. The molecule has 1 aliphatic carbocycles. The maximum atomic E-state index is 13.1. The van der Waals surface area contributed by atoms with E-state index in [1.807, 2.05) is 30.3 Å². The van der Waals surface area contributed by atoms with E-state index in [0.29, 0.717) is 23.9 Å². The Bertz CT molecular complexity index is 1270. The van der Waals surface area contributed by atoms with Crippen molar-refractivity contribution in [2.75, 3.05) is 17.7 Å². The molecule has 1 aromatic carbocycles. The number of benzene rings is 1. The van der Waals surface area contributed by atoms with Crippen LogP contribution in [0.2, 0.25) is 0 Å². The third kappa shape index (κ3) is 4.68. The number of carbonyl (C=O) groups excluding carboxylic acids is 2. The lowest BCUT2D eigenvalue weighted by Gasteiger charge is -2.20. The zero-order valence-corrected chi connectivity index (χ0v) is 20.0. The highest BCUT2D eigenvalue weighted by atomic mass is 32.2. The van der Waals surface area contributed by atoms with E-state index >= 15 is 0 Å². The molecule has 168 valence electrons. The van der Waals surface area contributed by atoms with Crippen LogP contribution in [0.15, 0.2) is 35.2 Å². The van der Waals surface area contributed by atoms with Crippen molar-refractivity contribution in [1.29, 1.82) is 0 Å². The van der Waals surface area contributed by atoms with Crippen LogP contribution in [0, 0.1) is 24.7 Å². The number of nitrogens with one attached hydrogen (secondary N) is 2. The van der Waals surface area contributed by atoms with Crippen LogP contribution >= 0.6 is 23.1 Å². The number of aromatic amines is 1. The Morgan fingerprint density at radius 2 is 2.06 bits per heavy atom. The van der Waals surface area contributed by atoms with E-state index < -0.39 is 11.9 Å². The lowest BCUT2D eigenvalue weighted by Crippen LogP contribution is -2.48. The summed E-state index contributed by atoms with van der Waals surface area (Å²) in [5.74, 6) is 7.70. The standard InChI is InChI=1S/C24H23N5O2S2/c1-14-18(11-10-15-8-9-15)33-24-20(14)32-13-17(23(31)29(24)2)25-22(30)21-26-19(27-28-21)12-16-6-4-3-5-7-16/h3-7,15,17H,8-9,12-13H2,1-2H3,(H,25,30)(H,26,27,28)/t17-/m0/s1. The van der Waals surface area contributed by atoms with Crippen LogP contribution in [0.25, 0.3) is 0 Å². The van der Waals surface area contributed by atoms with Crippen LogP contribution in [0.1, 0.15) is 45.3 Å². The molecule has 1 atom stereocenters. The molecule has 3 aromatic rings. The number of thiophene rings is 1. The van der Waals surface area contributed by atoms with Crippen molar-refractivity contribution in [3.8, 4) is 11.8 Å². The van der Waals surface area contributed by atoms with Gasteiger partial charge >= 0.3 is 0 Å². The van der Waals surface area contributed by atoms with Gasteiger partial charge < -0.3 is 15.2 Å². The molecule has 1 aliphatic heterocycles. The van der Waals surface area contributed by atoms with Gasteiger partial charge in [-0.05, 0) is 30.9 Å². The van der Waals surface area contributed by atoms with E-state index in [2.05, 4.69) is 39.3 Å². The lowest BCUT2D eigenvalue weighted by atomic mass is 10.1. The van der Waals surface area contributed by atoms with Gasteiger partial charge in [0.25, 0.3) is 11.8 Å². The van der Waals surface area contributed by atoms with Gasteiger partial charge in [0, 0.05) is 30.0 Å². The predicted molar refractivity (Wildman–Crippen MR) is 130 cm³/mol. The molecule has 2 N–H and O–H groups in total. The van der Waals surface area contributed by atoms with Crippen molar-refractivity contribution in [2.24, 2.45) is 5.92 Å². The fraction of sp³-hybridized carbons (Fsp3) is 0.333. The van der Waals surface area contributed by atoms with Gasteiger partial charge in [-0.2, -0.15) is 0 Å². The Morgan fingerprint density at radius 1 is 1.27 bits per heavy atom. The summed E-state index contributed by atoms with van der Waals surface area (Å²) in [5.41, 5.74) is 2.18. The Morgan fingerprint density at radius 3 is 2.82 bits per heavy atom. The molecule has 5 rings (SSSR count). The minimum Gasteiger partial charge on any atom is -0.337 e. The van der Waals surface area contributed by atoms with Gasteiger partial charge in [-0.3, -0.25) is 9.59 Å². The average molecular weight is 478 g/mol. The molecule has 9 heteroatoms. The molecule has 2 aromatic heterocycles. The summed E-state index contributed by atoms with van der Waals surface area (Å²) in [6.45, 7) is 2.05. The van der Waals surface area contributed by atoms with Crippen LogP contribution in [0.5, 0.6) is 0 Å². The normalized spacial score (nSPS) is 17.7. The second-order valence-corrected chi connectivity index (χ2v) is 10.3. The van der Waals surface area contributed by atoms with Crippen molar-refractivity contribution in [3.63, 3.8) is 0 Å². The number of rotatable bonds is 4. The van der Waals surface area contributed by atoms with Crippen LogP contribution in [-0.4, -0.2) is 45.8 Å². The molecule has 3 heterocycles. The summed E-state index contributed by atoms with van der Waals surface area (Å²) in [7, 11) is 1.76. The monoisotopic (exact) mass is 477 g/mol. The van der Waals surface area contributed by atoms with Crippen LogP contribution in [-0.2, 0) is 11.2 Å². The Kier molecular flexibility index (Phi) is 5.96. The first-order valence-electron chi connectivity index (χ1n) is 10.8. The van der Waals surface area contributed by atoms with Crippen LogP contribution < -0.4 is 10.2 Å². The SMILES string of the molecule is Cc1c(C#CC2CC2)sc2c1SC[C@H](NC(=O)c1nnc(Cc3ccccc3)[nH]1)C(=O)N2C. The first kappa shape index (κ1) is 21.7. The second kappa shape index (κ2) is 9.04. The predicted octanol–water partition coefficient (Wildman–Crippen LogP) is 3.39. The van der Waals surface area contributed by atoms with E-state index in [9.17, 15) is 9.59 Å². The van der Waals surface area contributed by atoms with Gasteiger partial charge in [-0.15, -0.1) is 33.3 Å². The number of hydrogen-bond donors (Lipinski definition) is 2. The zero-order chi connectivity index (χ0) is 22.9. The van der Waals surface area contributed by atoms with Gasteiger partial charge in [0.15, 0.2) is 0 Å². The Labute approximate surface area is 200 Å². The molecule has 7 nitrogen and oxygen atoms in total. The van der Waals surface area contributed by atoms with Crippen LogP contribution in [0.4, 0.5) is 5.00 Å². The number of aromatic nitrogens is 3. The third-order valence-electron chi connectivity index (χ3n) is 5.64. The molecular formula is C24H23N5O2S2. The number of likely N-dealkylation sites (N-methyl/N-ethyl adjacent to an activating group) is 1. The van der Waals surface area contributed by atoms with Crippen molar-refractivity contribution in [2.45, 2.75) is 37.1 Å². The minimum absolute atomic E-state index is 0.106. The van der Waals surface area contributed by atoms with E-state index in [0.717, 1.165) is 25.9 Å². The summed E-state index contributed by atoms with van der Waals surface area (Å²) >= 11 is 3.13. The first-order valence-corrected chi connectivity index (χ1v) is 12.6. The molecule has 2 amide bonds. The molecule has 33 heavy (non-hydrogen) atoms. The molecule has 0 unspecified atom stereocenters. The fourth-order valence-electron chi connectivity index (χ4n) is 3.56. The maximum Gasteiger partial charge on any atom is 0.289 e. The highest BCUT2D eigenvalue weighted by Gasteiger charge is 2.33. The topological polar surface area (TPSA) is 91.0 Å². The summed E-state index contributed by atoms with van der Waals surface area (Å²) in [5, 5.41) is 11.8. The number of hydrogen-bond acceptors (Lipinski definition) is 6. The van der Waals surface area contributed by atoms with Crippen molar-refractivity contribution in [1.82, 2.24) is 20.5 Å². The number of nitrogens with zero attached hydrogens (tertiary/aromatic N) is 3. The highest BCUT2D eigenvalue weighted by molar-refractivity contribution is 7.99. The summed E-state index contributed by atoms with van der Waals surface area (Å²) in [6, 6.07) is 9.18. The number of thioether (sulfide) groups is 1. The molecule has 1 saturated carbocycles. The van der Waals surface area contributed by atoms with E-state index in [-0.39, 0.29) is 11.7 Å². The van der Waals surface area contributed by atoms with Crippen molar-refractivity contribution >= 4 is 39.9 Å². The fourth-order valence-corrected chi connectivity index (χ4v) is 6.09. The van der Waals surface area contributed by atoms with Gasteiger partial charge in [-0.25, -0.2) is 0 Å². The average Bonchev–Trinajstić information content (AvgIpc) is 3.47. The van der Waals surface area contributed by atoms with Crippen molar-refractivity contribution < 1.29 is 9.59 Å². The van der Waals surface area contributed by atoms with Gasteiger partial charge in [-0.1, -0.05) is 42.2 Å². The van der Waals surface area contributed by atoms with Crippen molar-refractivity contribution in [3.05, 3.63) is 58.0 Å². The molecule has 0 bridgehead atoms. The molecule has 1 fully saturated rings. The highest BCUT2D eigenvalue weighted by Crippen LogP contribution is 2.44. The zero-order valence-electron chi connectivity index (χ0n) is 18.3. The summed E-state index contributed by atoms with van der Waals surface area (Å²) < 4.78 is 0. The molecule has 0 spiro atoms. The van der Waals surface area contributed by atoms with Gasteiger partial charge in [0.05, 0.1) is 4.88 Å². The second-order valence-electron chi connectivity index (χ2n) is 8.25. The Balaban J connectivity index is 1.27. The number of fused-ring (bicyclic) bond motifs is 1. The number of anilines is 1. The lowest BCUT2D eigenvalue weighted by molar-refractivity contribution is -0.119. The largest absolute Gasteiger partial charge is 0.337 e. The smallest absolute Gasteiger partial charge is 0.289 e. The number of carbonyl (C=O) groups is 2. The molecular weight excluding hydrogens is 454 g/mol. The third-order valence-corrected chi connectivity index (χ3v) is 8.34. The molecule has 2 aliphatic rings. The molecule has 0 radical (unpaired) electrons. The van der Waals surface area contributed by atoms with Gasteiger partial charge in [0.2, 0.25) is 5.82 Å². The minimum atomic E-state index is -0.657. The Hall–Kier alpha value is -3.09.